The highest BCUT2D eigenvalue weighted by Crippen LogP contribution is 2.31. The third kappa shape index (κ3) is 2.37. The first-order valence-electron chi connectivity index (χ1n) is 5.86. The van der Waals surface area contributed by atoms with Crippen molar-refractivity contribution in [1.29, 1.82) is 5.26 Å². The first-order chi connectivity index (χ1) is 9.49. The number of aliphatic hydroxyl groups is 3. The minimum absolute atomic E-state index is 0.00660. The van der Waals surface area contributed by atoms with Gasteiger partial charge in [0.15, 0.2) is 6.23 Å². The molecule has 0 amide bonds. The average molecular weight is 282 g/mol. The third-order valence-corrected chi connectivity index (χ3v) is 3.18. The zero-order chi connectivity index (χ0) is 14.9. The average Bonchev–Trinajstić information content (AvgIpc) is 2.41. The van der Waals surface area contributed by atoms with Crippen molar-refractivity contribution < 1.29 is 20.1 Å². The summed E-state index contributed by atoms with van der Waals surface area (Å²) in [4.78, 5) is 15.2. The van der Waals surface area contributed by atoms with E-state index in [-0.39, 0.29) is 5.82 Å². The van der Waals surface area contributed by atoms with Gasteiger partial charge in [0.1, 0.15) is 30.0 Å². The lowest BCUT2D eigenvalue weighted by molar-refractivity contribution is -0.224. The minimum Gasteiger partial charge on any atom is -0.394 e. The van der Waals surface area contributed by atoms with Crippen LogP contribution in [0, 0.1) is 17.2 Å². The summed E-state index contributed by atoms with van der Waals surface area (Å²) in [5, 5.41) is 38.0. The van der Waals surface area contributed by atoms with Gasteiger partial charge in [-0.05, 0) is 6.07 Å². The van der Waals surface area contributed by atoms with Crippen LogP contribution in [0.25, 0.3) is 0 Å². The smallest absolute Gasteiger partial charge is 0.351 e. The Balaban J connectivity index is 2.40. The van der Waals surface area contributed by atoms with E-state index in [0.717, 1.165) is 4.57 Å². The van der Waals surface area contributed by atoms with Crippen LogP contribution in [-0.2, 0) is 4.74 Å². The molecule has 0 spiro atoms. The van der Waals surface area contributed by atoms with Gasteiger partial charge in [0.25, 0.3) is 0 Å². The molecule has 5 N–H and O–H groups in total. The maximum Gasteiger partial charge on any atom is 0.351 e. The fraction of sp³-hybridized carbons (Fsp3) is 0.545. The highest BCUT2D eigenvalue weighted by atomic mass is 16.5. The van der Waals surface area contributed by atoms with Crippen LogP contribution in [0.15, 0.2) is 17.1 Å². The second kappa shape index (κ2) is 5.56. The molecule has 1 aliphatic heterocycles. The number of nitrogen functional groups attached to an aromatic ring is 1. The van der Waals surface area contributed by atoms with Crippen LogP contribution in [0.3, 0.4) is 0 Å². The van der Waals surface area contributed by atoms with Crippen molar-refractivity contribution >= 4 is 5.82 Å². The number of anilines is 1. The normalized spacial score (nSPS) is 33.6. The van der Waals surface area contributed by atoms with Crippen molar-refractivity contribution in [2.75, 3.05) is 12.3 Å². The maximum absolute atomic E-state index is 11.7. The Morgan fingerprint density at radius 3 is 2.75 bits per heavy atom. The second-order valence-electron chi connectivity index (χ2n) is 4.43. The Morgan fingerprint density at radius 2 is 2.20 bits per heavy atom. The van der Waals surface area contributed by atoms with Gasteiger partial charge in [0.2, 0.25) is 0 Å². The number of nitrogens with two attached hydrogens (primary N) is 1. The van der Waals surface area contributed by atoms with Gasteiger partial charge in [-0.2, -0.15) is 10.2 Å². The van der Waals surface area contributed by atoms with Crippen molar-refractivity contribution in [2.45, 2.75) is 24.5 Å². The number of nitrogens with zero attached hydrogens (tertiary/aromatic N) is 3. The van der Waals surface area contributed by atoms with Crippen LogP contribution < -0.4 is 11.4 Å². The SMILES string of the molecule is N#C[C@H]1[C@@H](O)[C@H](n2ccc(N)nc2=O)O[C@H](CO)[C@H]1O. The lowest BCUT2D eigenvalue weighted by Gasteiger charge is -2.39. The molecule has 108 valence electrons. The summed E-state index contributed by atoms with van der Waals surface area (Å²) < 4.78 is 6.24. The molecule has 5 atom stereocenters. The molecule has 1 aromatic heterocycles. The summed E-state index contributed by atoms with van der Waals surface area (Å²) in [6.45, 7) is -0.556. The van der Waals surface area contributed by atoms with Gasteiger partial charge in [-0.3, -0.25) is 4.57 Å². The maximum atomic E-state index is 11.7. The van der Waals surface area contributed by atoms with Crippen molar-refractivity contribution in [3.8, 4) is 6.07 Å². The molecule has 9 nitrogen and oxygen atoms in total. The summed E-state index contributed by atoms with van der Waals surface area (Å²) in [5.74, 6) is -1.19. The van der Waals surface area contributed by atoms with Gasteiger partial charge in [-0.1, -0.05) is 0 Å². The molecule has 1 fully saturated rings. The van der Waals surface area contributed by atoms with E-state index in [1.54, 1.807) is 6.07 Å². The first kappa shape index (κ1) is 14.4. The number of aliphatic hydroxyl groups excluding tert-OH is 3. The zero-order valence-corrected chi connectivity index (χ0v) is 10.3. The van der Waals surface area contributed by atoms with Crippen LogP contribution in [-0.4, -0.2) is 49.8 Å². The minimum atomic E-state index is -1.44. The molecule has 2 heterocycles. The molecule has 0 aromatic carbocycles. The lowest BCUT2D eigenvalue weighted by atomic mass is 9.89. The van der Waals surface area contributed by atoms with Gasteiger partial charge in [-0.15, -0.1) is 0 Å². The van der Waals surface area contributed by atoms with Gasteiger partial charge in [0.05, 0.1) is 12.7 Å². The number of hydrogen-bond acceptors (Lipinski definition) is 8. The molecule has 9 heteroatoms. The highest BCUT2D eigenvalue weighted by Gasteiger charge is 2.45. The monoisotopic (exact) mass is 282 g/mol. The van der Waals surface area contributed by atoms with Crippen molar-refractivity contribution in [1.82, 2.24) is 9.55 Å². The van der Waals surface area contributed by atoms with Crippen molar-refractivity contribution in [2.24, 2.45) is 5.92 Å². The molecular formula is C11H14N4O5. The van der Waals surface area contributed by atoms with E-state index in [0.29, 0.717) is 0 Å². The van der Waals surface area contributed by atoms with E-state index in [4.69, 9.17) is 20.8 Å². The van der Waals surface area contributed by atoms with Gasteiger partial charge in [0, 0.05) is 6.20 Å². The van der Waals surface area contributed by atoms with Crippen molar-refractivity contribution in [3.63, 3.8) is 0 Å². The number of ether oxygens (including phenoxy) is 1. The number of hydrogen-bond donors (Lipinski definition) is 4. The fourth-order valence-corrected chi connectivity index (χ4v) is 2.10. The molecule has 20 heavy (non-hydrogen) atoms. The number of nitriles is 1. The summed E-state index contributed by atoms with van der Waals surface area (Å²) in [7, 11) is 0. The predicted octanol–water partition coefficient (Wildman–Crippen LogP) is -2.42. The Morgan fingerprint density at radius 1 is 1.50 bits per heavy atom. The number of rotatable bonds is 2. The first-order valence-corrected chi connectivity index (χ1v) is 5.86. The van der Waals surface area contributed by atoms with Crippen LogP contribution in [0.2, 0.25) is 0 Å². The third-order valence-electron chi connectivity index (χ3n) is 3.18. The van der Waals surface area contributed by atoms with E-state index in [1.165, 1.54) is 12.3 Å². The Bertz CT molecular complexity index is 583. The van der Waals surface area contributed by atoms with Crippen LogP contribution in [0.1, 0.15) is 6.23 Å². The largest absolute Gasteiger partial charge is 0.394 e. The van der Waals surface area contributed by atoms with E-state index < -0.39 is 42.8 Å². The molecular weight excluding hydrogens is 268 g/mol. The molecule has 0 bridgehead atoms. The van der Waals surface area contributed by atoms with Gasteiger partial charge >= 0.3 is 5.69 Å². The summed E-state index contributed by atoms with van der Waals surface area (Å²) in [6.07, 6.45) is -3.85. The highest BCUT2D eigenvalue weighted by molar-refractivity contribution is 5.23. The van der Waals surface area contributed by atoms with Crippen LogP contribution in [0.5, 0.6) is 0 Å². The molecule has 0 aliphatic carbocycles. The van der Waals surface area contributed by atoms with E-state index >= 15 is 0 Å². The lowest BCUT2D eigenvalue weighted by Crippen LogP contribution is -2.54. The van der Waals surface area contributed by atoms with Crippen LogP contribution >= 0.6 is 0 Å². The zero-order valence-electron chi connectivity index (χ0n) is 10.3. The van der Waals surface area contributed by atoms with Crippen LogP contribution in [0.4, 0.5) is 5.82 Å². The topological polar surface area (TPSA) is 155 Å². The van der Waals surface area contributed by atoms with Crippen molar-refractivity contribution in [3.05, 3.63) is 22.7 Å². The van der Waals surface area contributed by atoms with Gasteiger partial charge in [-0.25, -0.2) is 4.79 Å². The Labute approximate surface area is 113 Å². The molecule has 1 aliphatic rings. The quantitative estimate of drug-likeness (QED) is 0.467. The fourth-order valence-electron chi connectivity index (χ4n) is 2.10. The standard InChI is InChI=1S/C11H14N4O5/c12-3-5-8(17)6(4-16)20-10(9(5)18)15-2-1-7(13)14-11(15)19/h1-2,5-6,8-10,16-18H,4H2,(H2,13,14,19)/t5-,6-,8+,9-,10-/m1/s1. The molecule has 0 radical (unpaired) electrons. The molecule has 0 saturated carbocycles. The van der Waals surface area contributed by atoms with E-state index in [2.05, 4.69) is 4.98 Å². The second-order valence-corrected chi connectivity index (χ2v) is 4.43. The molecule has 2 rings (SSSR count). The predicted molar refractivity (Wildman–Crippen MR) is 65.0 cm³/mol. The molecule has 1 saturated heterocycles. The summed E-state index contributed by atoms with van der Waals surface area (Å²) in [5.41, 5.74) is 4.60. The van der Waals surface area contributed by atoms with Gasteiger partial charge < -0.3 is 25.8 Å². The number of aromatic nitrogens is 2. The Kier molecular flexibility index (Phi) is 4.01. The van der Waals surface area contributed by atoms with E-state index in [9.17, 15) is 15.0 Å². The Hall–Kier alpha value is -1.99. The summed E-state index contributed by atoms with van der Waals surface area (Å²) >= 11 is 0. The molecule has 0 unspecified atom stereocenters. The summed E-state index contributed by atoms with van der Waals surface area (Å²) in [6, 6.07) is 3.08. The van der Waals surface area contributed by atoms with E-state index in [1.807, 2.05) is 0 Å². The molecule has 1 aromatic rings.